The lowest BCUT2D eigenvalue weighted by Gasteiger charge is -2.28. The Morgan fingerprint density at radius 3 is 1.20 bits per heavy atom. The van der Waals surface area contributed by atoms with E-state index in [4.69, 9.17) is 0 Å². The van der Waals surface area contributed by atoms with Gasteiger partial charge in [-0.05, 0) is 124 Å². The fourth-order valence-electron chi connectivity index (χ4n) is 12.1. The van der Waals surface area contributed by atoms with Gasteiger partial charge in [0.05, 0.1) is 64.6 Å². The van der Waals surface area contributed by atoms with Gasteiger partial charge in [0.15, 0.2) is 5.82 Å². The minimum Gasteiger partial charge on any atom is -0.337 e. The van der Waals surface area contributed by atoms with Crippen LogP contribution in [0.1, 0.15) is 181 Å². The summed E-state index contributed by atoms with van der Waals surface area (Å²) in [5.41, 5.74) is 16.2. The third-order valence-corrected chi connectivity index (χ3v) is 16.1. The molecule has 0 saturated carbocycles. The van der Waals surface area contributed by atoms with E-state index >= 15 is 0 Å². The van der Waals surface area contributed by atoms with Crippen LogP contribution in [0.4, 0.5) is 17.2 Å². The summed E-state index contributed by atoms with van der Waals surface area (Å²) in [6.45, 7) is 54.8. The molecule has 103 heavy (non-hydrogen) atoms. The van der Waals surface area contributed by atoms with Crippen LogP contribution in [-0.2, 0) is 28.2 Å². The maximum absolute atomic E-state index is 4.37. The number of rotatable bonds is 4. The second kappa shape index (κ2) is 48.9. The predicted octanol–water partition coefficient (Wildman–Crippen LogP) is 25.1. The summed E-state index contributed by atoms with van der Waals surface area (Å²) in [6, 6.07) is 66.5. The molecule has 7 aromatic carbocycles. The molecular weight excluding hydrogens is 1260 g/mol. The molecule has 15 rings (SSSR count). The molecule has 7 aromatic heterocycles. The van der Waals surface area contributed by atoms with Gasteiger partial charge in [-0.25, -0.2) is 28.2 Å². The number of aromatic nitrogens is 9. The Kier molecular flexibility index (Phi) is 43.2. The van der Waals surface area contributed by atoms with Gasteiger partial charge in [-0.2, -0.15) is 13.7 Å². The lowest BCUT2D eigenvalue weighted by atomic mass is 10.1. The molecule has 1 aliphatic rings. The molecule has 1 atom stereocenters. The van der Waals surface area contributed by atoms with Crippen molar-refractivity contribution in [1.82, 2.24) is 28.2 Å². The third-order valence-electron chi connectivity index (χ3n) is 16.1. The van der Waals surface area contributed by atoms with Crippen LogP contribution in [0.3, 0.4) is 0 Å². The number of pyridine rings is 2. The fourth-order valence-corrected chi connectivity index (χ4v) is 12.1. The van der Waals surface area contributed by atoms with E-state index in [-0.39, 0.29) is 6.17 Å². The SMILES string of the molecule is CC.CC.CC.CC.CC.CC.CC.CC.CC.CC.CC.Cc1cccc2c3ccccc3n(-c3cccc[n+]3C)c12.Cc1cccc2c3ccccc3n(-c3n(C)cc[n+]3C)c12.Cc1ccccc1-n1c2ccccc2c2ccc[n+](C)c21.Cc1ccccc1N1c2cncnc2N(C)[C@@H]1C. The highest BCUT2D eigenvalue weighted by atomic mass is 15.4. The molecule has 11 nitrogen and oxygen atoms in total. The maximum atomic E-state index is 4.37. The normalized spacial score (nSPS) is 10.8. The first-order valence-electron chi connectivity index (χ1n) is 38.7. The molecule has 0 spiro atoms. The monoisotopic (exact) mass is 1390 g/mol. The smallest absolute Gasteiger partial charge is 0.337 e. The van der Waals surface area contributed by atoms with E-state index in [1.54, 1.807) is 6.33 Å². The minimum absolute atomic E-state index is 0.248. The molecule has 0 bridgehead atoms. The first kappa shape index (κ1) is 91.1. The topological polar surface area (TPSA) is 63.6 Å². The minimum atomic E-state index is 0.248. The Morgan fingerprint density at radius 1 is 0.340 bits per heavy atom. The molecule has 0 aliphatic carbocycles. The zero-order valence-corrected chi connectivity index (χ0v) is 69.9. The Morgan fingerprint density at radius 2 is 0.728 bits per heavy atom. The van der Waals surface area contributed by atoms with Gasteiger partial charge in [0.2, 0.25) is 0 Å². The van der Waals surface area contributed by atoms with Crippen LogP contribution in [0, 0.1) is 27.7 Å². The summed E-state index contributed by atoms with van der Waals surface area (Å²) in [7, 11) is 10.4. The Balaban J connectivity index is 0.000000629. The number of benzene rings is 7. The highest BCUT2D eigenvalue weighted by Crippen LogP contribution is 2.42. The van der Waals surface area contributed by atoms with E-state index in [9.17, 15) is 0 Å². The molecule has 0 unspecified atom stereocenters. The summed E-state index contributed by atoms with van der Waals surface area (Å²) in [5, 5.41) is 7.82. The van der Waals surface area contributed by atoms with Crippen molar-refractivity contribution in [3.63, 3.8) is 0 Å². The highest BCUT2D eigenvalue weighted by Gasteiger charge is 2.33. The van der Waals surface area contributed by atoms with Crippen molar-refractivity contribution < 1.29 is 13.7 Å². The molecule has 554 valence electrons. The number of para-hydroxylation sites is 7. The second-order valence-corrected chi connectivity index (χ2v) is 21.3. The van der Waals surface area contributed by atoms with Crippen LogP contribution in [0.15, 0.2) is 225 Å². The van der Waals surface area contributed by atoms with Crippen molar-refractivity contribution >= 4 is 82.7 Å². The summed E-state index contributed by atoms with van der Waals surface area (Å²) >= 11 is 0. The summed E-state index contributed by atoms with van der Waals surface area (Å²) in [6.07, 6.45) is 12.1. The van der Waals surface area contributed by atoms with Gasteiger partial charge in [0.1, 0.15) is 51.5 Å². The van der Waals surface area contributed by atoms with E-state index in [1.807, 2.05) is 159 Å². The van der Waals surface area contributed by atoms with E-state index in [2.05, 4.69) is 334 Å². The predicted molar refractivity (Wildman–Crippen MR) is 457 cm³/mol. The Labute approximate surface area is 624 Å². The molecule has 0 amide bonds. The number of fused-ring (bicyclic) bond motifs is 10. The van der Waals surface area contributed by atoms with Crippen LogP contribution < -0.4 is 23.5 Å². The molecule has 0 N–H and O–H groups in total. The van der Waals surface area contributed by atoms with Crippen LogP contribution in [0.25, 0.3) is 83.0 Å². The van der Waals surface area contributed by atoms with Crippen molar-refractivity contribution in [3.8, 4) is 17.5 Å². The molecule has 0 fully saturated rings. The standard InChI is InChI=1S/2C19H17N2.C18H18N3.C14H16N4.11C2H6/c1-14-8-3-5-11-17(14)21-18-12-6-4-9-15(18)16-10-7-13-20(2)19(16)21;1-14-8-7-10-16-15-9-3-4-11-17(15)21(19(14)16)18-12-5-6-13-20(18)2;1-13-7-6-9-15-14-8-4-5-10-16(14)21(17(13)15)18-19(2)11-12-20(18)3;1-10-6-4-5-7-12(10)18-11(2)17(3)14-13(18)8-15-9-16-14;11*1-2/h2*3-13H,1-2H3;4-12H,1-3H3;4-9,11H,1-3H3;11*1-2H3/q3*+1;;;;;;;;;;;;/t;;;11-;;;;;;;;;;;/m...0.........../s1. The largest absolute Gasteiger partial charge is 0.369 e. The van der Waals surface area contributed by atoms with Gasteiger partial charge < -0.3 is 9.80 Å². The molecule has 0 radical (unpaired) electrons. The quantitative estimate of drug-likeness (QED) is 0.165. The molecule has 11 heteroatoms. The van der Waals surface area contributed by atoms with E-state index in [0.29, 0.717) is 0 Å². The number of imidazole rings is 1. The Hall–Kier alpha value is -9.87. The van der Waals surface area contributed by atoms with Crippen molar-refractivity contribution in [2.24, 2.45) is 28.2 Å². The molecular formula is C92H134N11+3. The molecule has 8 heterocycles. The molecule has 0 saturated heterocycles. The maximum Gasteiger partial charge on any atom is 0.369 e. The van der Waals surface area contributed by atoms with E-state index in [1.165, 1.54) is 105 Å². The number of hydrogen-bond donors (Lipinski definition) is 0. The third kappa shape index (κ3) is 20.7. The van der Waals surface area contributed by atoms with Crippen LogP contribution in [0.2, 0.25) is 0 Å². The van der Waals surface area contributed by atoms with Gasteiger partial charge in [-0.1, -0.05) is 268 Å². The molecule has 1 aliphatic heterocycles. The van der Waals surface area contributed by atoms with Crippen LogP contribution >= 0.6 is 0 Å². The first-order chi connectivity index (χ1) is 50.4. The van der Waals surface area contributed by atoms with Gasteiger partial charge in [0, 0.05) is 45.7 Å². The van der Waals surface area contributed by atoms with Gasteiger partial charge in [0.25, 0.3) is 11.5 Å². The zero-order chi connectivity index (χ0) is 78.1. The lowest BCUT2D eigenvalue weighted by molar-refractivity contribution is -0.665. The van der Waals surface area contributed by atoms with Gasteiger partial charge in [-0.15, -0.1) is 0 Å². The van der Waals surface area contributed by atoms with E-state index < -0.39 is 0 Å². The van der Waals surface area contributed by atoms with Crippen molar-refractivity contribution in [2.45, 2.75) is 193 Å². The Bertz CT molecular complexity index is 4470. The van der Waals surface area contributed by atoms with Gasteiger partial charge >= 0.3 is 5.95 Å². The highest BCUT2D eigenvalue weighted by molar-refractivity contribution is 6.11. The summed E-state index contributed by atoms with van der Waals surface area (Å²) in [4.78, 5) is 13.0. The van der Waals surface area contributed by atoms with Crippen molar-refractivity contribution in [3.05, 3.63) is 248 Å². The molecule has 14 aromatic rings. The number of hydrogen-bond acceptors (Lipinski definition) is 4. The average Bonchev–Trinajstić information content (AvgIpc) is 1.61. The first-order valence-corrected chi connectivity index (χ1v) is 38.7. The zero-order valence-electron chi connectivity index (χ0n) is 69.9. The van der Waals surface area contributed by atoms with Crippen molar-refractivity contribution in [1.29, 1.82) is 0 Å². The van der Waals surface area contributed by atoms with Crippen LogP contribution in [0.5, 0.6) is 0 Å². The summed E-state index contributed by atoms with van der Waals surface area (Å²) in [5.74, 6) is 3.33. The van der Waals surface area contributed by atoms with Crippen LogP contribution in [-0.4, -0.2) is 41.4 Å². The number of nitrogens with zero attached hydrogens (tertiary/aromatic N) is 11. The summed E-state index contributed by atoms with van der Waals surface area (Å²) < 4.78 is 15.8. The number of anilines is 3. The van der Waals surface area contributed by atoms with Crippen molar-refractivity contribution in [2.75, 3.05) is 16.8 Å². The fraction of sp³-hybridized carbons (Fsp3) is 0.359. The van der Waals surface area contributed by atoms with E-state index in [0.717, 1.165) is 17.5 Å². The average molecular weight is 1390 g/mol. The van der Waals surface area contributed by atoms with Gasteiger partial charge in [-0.3, -0.25) is 0 Å². The lowest BCUT2D eigenvalue weighted by Crippen LogP contribution is -2.36. The second-order valence-electron chi connectivity index (χ2n) is 21.3. The number of aryl methyl sites for hydroxylation is 8.